The van der Waals surface area contributed by atoms with Gasteiger partial charge < -0.3 is 15.5 Å². The zero-order valence-corrected chi connectivity index (χ0v) is 8.73. The molecule has 5 nitrogen and oxygen atoms in total. The average molecular weight is 222 g/mol. The van der Waals surface area contributed by atoms with E-state index in [-0.39, 0.29) is 5.75 Å². The third kappa shape index (κ3) is 1.92. The van der Waals surface area contributed by atoms with Gasteiger partial charge in [0.25, 0.3) is 0 Å². The molecule has 0 unspecified atom stereocenters. The van der Waals surface area contributed by atoms with E-state index in [9.17, 15) is 15.0 Å². The van der Waals surface area contributed by atoms with E-state index < -0.39 is 5.72 Å². The predicted molar refractivity (Wildman–Crippen MR) is 58.3 cm³/mol. The monoisotopic (exact) mass is 222 g/mol. The molecule has 5 heteroatoms. The summed E-state index contributed by atoms with van der Waals surface area (Å²) in [4.78, 5) is 10.7. The number of carbonyl (C=O) groups excluding carboxylic acids is 1. The van der Waals surface area contributed by atoms with Crippen LogP contribution < -0.4 is 10.6 Å². The number of piperazine rings is 1. The SMILES string of the molecule is O=Cc1ccc(O)c([C@@]2(O)CNCCN2)c1. The lowest BCUT2D eigenvalue weighted by molar-refractivity contribution is -0.0131. The molecule has 4 N–H and O–H groups in total. The normalized spacial score (nSPS) is 25.3. The fraction of sp³-hybridized carbons (Fsp3) is 0.364. The number of nitrogens with one attached hydrogen (secondary N) is 2. The first-order chi connectivity index (χ1) is 7.65. The van der Waals surface area contributed by atoms with Gasteiger partial charge in [0.15, 0.2) is 5.72 Å². The van der Waals surface area contributed by atoms with Crippen molar-refractivity contribution in [2.75, 3.05) is 19.6 Å². The number of benzene rings is 1. The topological polar surface area (TPSA) is 81.6 Å². The van der Waals surface area contributed by atoms with Gasteiger partial charge in [0, 0.05) is 30.8 Å². The van der Waals surface area contributed by atoms with E-state index in [0.717, 1.165) is 6.54 Å². The van der Waals surface area contributed by atoms with Crippen LogP contribution in [0.2, 0.25) is 0 Å². The Hall–Kier alpha value is -1.43. The van der Waals surface area contributed by atoms with Crippen LogP contribution in [0.15, 0.2) is 18.2 Å². The van der Waals surface area contributed by atoms with Gasteiger partial charge in [-0.05, 0) is 18.2 Å². The van der Waals surface area contributed by atoms with Crippen molar-refractivity contribution in [2.24, 2.45) is 0 Å². The second-order valence-corrected chi connectivity index (χ2v) is 3.86. The Labute approximate surface area is 93.1 Å². The standard InChI is InChI=1S/C11H14N2O3/c14-6-8-1-2-10(15)9(5-8)11(16)7-12-3-4-13-11/h1-2,5-6,12-13,15-16H,3-4,7H2/t11-/m0/s1. The lowest BCUT2D eigenvalue weighted by Gasteiger charge is -2.34. The Kier molecular flexibility index (Phi) is 2.91. The number of hydrogen-bond acceptors (Lipinski definition) is 5. The van der Waals surface area contributed by atoms with Crippen molar-refractivity contribution in [2.45, 2.75) is 5.72 Å². The van der Waals surface area contributed by atoms with Gasteiger partial charge in [-0.25, -0.2) is 0 Å². The Morgan fingerprint density at radius 1 is 1.38 bits per heavy atom. The molecule has 0 bridgehead atoms. The Morgan fingerprint density at radius 2 is 2.19 bits per heavy atom. The van der Waals surface area contributed by atoms with Gasteiger partial charge in [0.05, 0.1) is 0 Å². The molecular weight excluding hydrogens is 208 g/mol. The summed E-state index contributed by atoms with van der Waals surface area (Å²) in [7, 11) is 0. The van der Waals surface area contributed by atoms with Gasteiger partial charge in [-0.1, -0.05) is 0 Å². The van der Waals surface area contributed by atoms with Crippen LogP contribution in [0.25, 0.3) is 0 Å². The van der Waals surface area contributed by atoms with E-state index in [4.69, 9.17) is 0 Å². The van der Waals surface area contributed by atoms with Gasteiger partial charge in [-0.15, -0.1) is 0 Å². The van der Waals surface area contributed by atoms with Crippen molar-refractivity contribution in [3.05, 3.63) is 29.3 Å². The minimum Gasteiger partial charge on any atom is -0.508 e. The van der Waals surface area contributed by atoms with Crippen LogP contribution >= 0.6 is 0 Å². The summed E-state index contributed by atoms with van der Waals surface area (Å²) < 4.78 is 0. The van der Waals surface area contributed by atoms with Crippen molar-refractivity contribution in [1.82, 2.24) is 10.6 Å². The minimum atomic E-state index is -1.32. The molecule has 0 spiro atoms. The average Bonchev–Trinajstić information content (AvgIpc) is 2.30. The van der Waals surface area contributed by atoms with Crippen LogP contribution in [0.1, 0.15) is 15.9 Å². The molecular formula is C11H14N2O3. The summed E-state index contributed by atoms with van der Waals surface area (Å²) >= 11 is 0. The van der Waals surface area contributed by atoms with Crippen molar-refractivity contribution < 1.29 is 15.0 Å². The van der Waals surface area contributed by atoms with Crippen molar-refractivity contribution in [3.63, 3.8) is 0 Å². The molecule has 16 heavy (non-hydrogen) atoms. The van der Waals surface area contributed by atoms with Crippen molar-refractivity contribution in [1.29, 1.82) is 0 Å². The Morgan fingerprint density at radius 3 is 2.81 bits per heavy atom. The first kappa shape index (κ1) is 11.1. The number of phenolic OH excluding ortho intramolecular Hbond substituents is 1. The van der Waals surface area contributed by atoms with E-state index >= 15 is 0 Å². The van der Waals surface area contributed by atoms with Crippen LogP contribution in [0.3, 0.4) is 0 Å². The first-order valence-corrected chi connectivity index (χ1v) is 5.12. The lowest BCUT2D eigenvalue weighted by atomic mass is 9.98. The van der Waals surface area contributed by atoms with E-state index in [0.29, 0.717) is 30.5 Å². The summed E-state index contributed by atoms with van der Waals surface area (Å²) in [5.41, 5.74) is -0.570. The van der Waals surface area contributed by atoms with Gasteiger partial charge in [-0.3, -0.25) is 10.1 Å². The minimum absolute atomic E-state index is 0.0238. The van der Waals surface area contributed by atoms with Crippen LogP contribution in [0.4, 0.5) is 0 Å². The molecule has 1 aromatic carbocycles. The molecule has 86 valence electrons. The highest BCUT2D eigenvalue weighted by molar-refractivity contribution is 5.75. The summed E-state index contributed by atoms with van der Waals surface area (Å²) in [6.07, 6.45) is 0.683. The second kappa shape index (κ2) is 4.21. The molecule has 1 fully saturated rings. The second-order valence-electron chi connectivity index (χ2n) is 3.86. The molecule has 1 heterocycles. The molecule has 0 aromatic heterocycles. The summed E-state index contributed by atoms with van der Waals surface area (Å²) in [5.74, 6) is -0.0238. The maximum atomic E-state index is 10.7. The van der Waals surface area contributed by atoms with Crippen LogP contribution in [-0.4, -0.2) is 36.1 Å². The molecule has 1 atom stereocenters. The quantitative estimate of drug-likeness (QED) is 0.509. The number of hydrogen-bond donors (Lipinski definition) is 4. The van der Waals surface area contributed by atoms with Gasteiger partial charge in [0.1, 0.15) is 12.0 Å². The number of β-amino-alcohol motifs (C(OH)–C–C–N with tert-alkyl or cyclic N) is 1. The number of phenols is 1. The van der Waals surface area contributed by atoms with Crippen LogP contribution in [0.5, 0.6) is 5.75 Å². The molecule has 0 aliphatic carbocycles. The fourth-order valence-electron chi connectivity index (χ4n) is 1.84. The molecule has 0 radical (unpaired) electrons. The summed E-state index contributed by atoms with van der Waals surface area (Å²) in [6, 6.07) is 4.40. The van der Waals surface area contributed by atoms with Gasteiger partial charge in [-0.2, -0.15) is 0 Å². The van der Waals surface area contributed by atoms with Crippen LogP contribution in [-0.2, 0) is 5.72 Å². The highest BCUT2D eigenvalue weighted by Crippen LogP contribution is 2.28. The molecule has 2 rings (SSSR count). The first-order valence-electron chi connectivity index (χ1n) is 5.12. The zero-order valence-electron chi connectivity index (χ0n) is 8.73. The maximum absolute atomic E-state index is 10.7. The summed E-state index contributed by atoms with van der Waals surface area (Å²) in [6.45, 7) is 1.65. The van der Waals surface area contributed by atoms with Crippen LogP contribution in [0, 0.1) is 0 Å². The smallest absolute Gasteiger partial charge is 0.158 e. The summed E-state index contributed by atoms with van der Waals surface area (Å²) in [5, 5.41) is 25.9. The third-order valence-corrected chi connectivity index (χ3v) is 2.70. The van der Waals surface area contributed by atoms with E-state index in [1.54, 1.807) is 0 Å². The molecule has 1 aromatic rings. The maximum Gasteiger partial charge on any atom is 0.158 e. The van der Waals surface area contributed by atoms with E-state index in [2.05, 4.69) is 10.6 Å². The lowest BCUT2D eigenvalue weighted by Crippen LogP contribution is -2.56. The molecule has 0 saturated carbocycles. The van der Waals surface area contributed by atoms with Gasteiger partial charge >= 0.3 is 0 Å². The third-order valence-electron chi connectivity index (χ3n) is 2.70. The zero-order chi connectivity index (χ0) is 11.6. The number of rotatable bonds is 2. The highest BCUT2D eigenvalue weighted by atomic mass is 16.3. The predicted octanol–water partition coefficient (Wildman–Crippen LogP) is -0.457. The Balaban J connectivity index is 2.40. The highest BCUT2D eigenvalue weighted by Gasteiger charge is 2.33. The Bertz CT molecular complexity index is 400. The number of carbonyl (C=O) groups is 1. The molecule has 1 aliphatic heterocycles. The number of aromatic hydroxyl groups is 1. The van der Waals surface area contributed by atoms with Crippen molar-refractivity contribution >= 4 is 6.29 Å². The van der Waals surface area contributed by atoms with E-state index in [1.165, 1.54) is 18.2 Å². The van der Waals surface area contributed by atoms with E-state index in [1.807, 2.05) is 0 Å². The largest absolute Gasteiger partial charge is 0.508 e. The molecule has 1 saturated heterocycles. The fourth-order valence-corrected chi connectivity index (χ4v) is 1.84. The van der Waals surface area contributed by atoms with Gasteiger partial charge in [0.2, 0.25) is 0 Å². The van der Waals surface area contributed by atoms with Crippen molar-refractivity contribution in [3.8, 4) is 5.75 Å². The molecule has 1 aliphatic rings. The number of aldehydes is 1. The number of aliphatic hydroxyl groups is 1. The molecule has 0 amide bonds.